The Morgan fingerprint density at radius 3 is 2.93 bits per heavy atom. The maximum Gasteiger partial charge on any atom is 0.269 e. The molecule has 0 aliphatic carbocycles. The lowest BCUT2D eigenvalue weighted by Crippen LogP contribution is -2.31. The molecule has 0 aromatic carbocycles. The molecule has 0 radical (unpaired) electrons. The van der Waals surface area contributed by atoms with E-state index in [1.165, 1.54) is 4.68 Å². The molecule has 4 heterocycles. The van der Waals surface area contributed by atoms with Gasteiger partial charge >= 0.3 is 0 Å². The molecule has 0 bridgehead atoms. The van der Waals surface area contributed by atoms with Crippen molar-refractivity contribution in [2.45, 2.75) is 6.42 Å². The van der Waals surface area contributed by atoms with Gasteiger partial charge in [0, 0.05) is 50.7 Å². The summed E-state index contributed by atoms with van der Waals surface area (Å²) in [6.45, 7) is 2.18. The smallest absolute Gasteiger partial charge is 0.269 e. The summed E-state index contributed by atoms with van der Waals surface area (Å²) in [5.74, 6) is 0.136. The fraction of sp³-hybridized carbons (Fsp3) is 0.316. The first kappa shape index (κ1) is 17.9. The highest BCUT2D eigenvalue weighted by molar-refractivity contribution is 5.93. The molecule has 1 fully saturated rings. The van der Waals surface area contributed by atoms with Gasteiger partial charge in [0.1, 0.15) is 5.69 Å². The van der Waals surface area contributed by atoms with Gasteiger partial charge in [0.15, 0.2) is 0 Å². The van der Waals surface area contributed by atoms with Gasteiger partial charge in [-0.2, -0.15) is 10.2 Å². The van der Waals surface area contributed by atoms with Gasteiger partial charge in [-0.3, -0.25) is 19.7 Å². The lowest BCUT2D eigenvalue weighted by molar-refractivity contribution is 0.0943. The maximum atomic E-state index is 12.4. The Kier molecular flexibility index (Phi) is 4.88. The monoisotopic (exact) mass is 379 g/mol. The molecule has 28 heavy (non-hydrogen) atoms. The lowest BCUT2D eigenvalue weighted by Gasteiger charge is -2.18. The van der Waals surface area contributed by atoms with Crippen molar-refractivity contribution in [3.8, 4) is 11.3 Å². The molecule has 0 unspecified atom stereocenters. The van der Waals surface area contributed by atoms with E-state index in [0.29, 0.717) is 23.9 Å². The number of aromatic amines is 1. The second-order valence-corrected chi connectivity index (χ2v) is 6.89. The molecule has 3 aromatic heterocycles. The van der Waals surface area contributed by atoms with Crippen molar-refractivity contribution < 1.29 is 4.79 Å². The summed E-state index contributed by atoms with van der Waals surface area (Å²) in [7, 11) is 1.63. The summed E-state index contributed by atoms with van der Waals surface area (Å²) in [5, 5.41) is 14.0. The van der Waals surface area contributed by atoms with E-state index in [1.807, 2.05) is 12.1 Å². The molecule has 9 nitrogen and oxygen atoms in total. The predicted molar refractivity (Wildman–Crippen MR) is 104 cm³/mol. The minimum Gasteiger partial charge on any atom is -0.370 e. The van der Waals surface area contributed by atoms with E-state index in [1.54, 1.807) is 37.8 Å². The zero-order chi connectivity index (χ0) is 19.5. The Morgan fingerprint density at radius 1 is 1.32 bits per heavy atom. The Morgan fingerprint density at radius 2 is 2.14 bits per heavy atom. The zero-order valence-electron chi connectivity index (χ0n) is 15.5. The number of hydrogen-bond acceptors (Lipinski definition) is 6. The molecule has 1 aliphatic rings. The minimum absolute atomic E-state index is 0.126. The Labute approximate surface area is 161 Å². The van der Waals surface area contributed by atoms with Gasteiger partial charge in [-0.05, 0) is 30.5 Å². The minimum atomic E-state index is -0.179. The fourth-order valence-corrected chi connectivity index (χ4v) is 3.31. The second kappa shape index (κ2) is 7.63. The van der Waals surface area contributed by atoms with Gasteiger partial charge in [0.2, 0.25) is 0 Å². The van der Waals surface area contributed by atoms with Crippen LogP contribution in [0.5, 0.6) is 0 Å². The van der Waals surface area contributed by atoms with Gasteiger partial charge in [-0.1, -0.05) is 0 Å². The van der Waals surface area contributed by atoms with E-state index in [9.17, 15) is 9.59 Å². The molecule has 0 saturated carbocycles. The number of anilines is 1. The first-order valence-corrected chi connectivity index (χ1v) is 9.12. The molecule has 0 spiro atoms. The molecular weight excluding hydrogens is 358 g/mol. The maximum absolute atomic E-state index is 12.4. The molecule has 2 N–H and O–H groups in total. The van der Waals surface area contributed by atoms with Crippen molar-refractivity contribution in [3.05, 3.63) is 58.9 Å². The Bertz CT molecular complexity index is 1030. The zero-order valence-corrected chi connectivity index (χ0v) is 15.5. The van der Waals surface area contributed by atoms with Gasteiger partial charge in [-0.15, -0.1) is 0 Å². The largest absolute Gasteiger partial charge is 0.370 e. The summed E-state index contributed by atoms with van der Waals surface area (Å²) in [4.78, 5) is 30.3. The van der Waals surface area contributed by atoms with Gasteiger partial charge < -0.3 is 10.2 Å². The number of carbonyl (C=O) groups is 1. The van der Waals surface area contributed by atoms with Gasteiger partial charge in [0.25, 0.3) is 11.5 Å². The molecule has 1 saturated heterocycles. The number of aryl methyl sites for hydroxylation is 1. The van der Waals surface area contributed by atoms with Crippen LogP contribution in [0.3, 0.4) is 0 Å². The molecule has 144 valence electrons. The summed E-state index contributed by atoms with van der Waals surface area (Å²) in [5.41, 5.74) is 2.74. The first-order chi connectivity index (χ1) is 13.6. The number of aromatic nitrogens is 5. The van der Waals surface area contributed by atoms with Crippen molar-refractivity contribution in [2.24, 2.45) is 13.0 Å². The van der Waals surface area contributed by atoms with Crippen LogP contribution in [-0.2, 0) is 7.05 Å². The highest BCUT2D eigenvalue weighted by atomic mass is 16.2. The molecule has 9 heteroatoms. The number of H-pyrrole nitrogens is 1. The van der Waals surface area contributed by atoms with Crippen molar-refractivity contribution in [3.63, 3.8) is 0 Å². The summed E-state index contributed by atoms with van der Waals surface area (Å²) < 4.78 is 1.31. The third-order valence-corrected chi connectivity index (χ3v) is 4.95. The summed E-state index contributed by atoms with van der Waals surface area (Å²) >= 11 is 0. The van der Waals surface area contributed by atoms with Crippen molar-refractivity contribution in [1.29, 1.82) is 0 Å². The fourth-order valence-electron chi connectivity index (χ4n) is 3.31. The molecule has 1 amide bonds. The SMILES string of the molecule is Cn1ncc(N2CC[C@@H](CNC(=O)c3cc(-c4ccncc4)n[nH]3)C2)cc1=O. The topological polar surface area (TPSA) is 109 Å². The molecule has 1 atom stereocenters. The Balaban J connectivity index is 1.32. The number of nitrogens with one attached hydrogen (secondary N) is 2. The normalized spacial score (nSPS) is 16.3. The van der Waals surface area contributed by atoms with Crippen molar-refractivity contribution in [2.75, 3.05) is 24.5 Å². The van der Waals surface area contributed by atoms with Crippen molar-refractivity contribution in [1.82, 2.24) is 30.3 Å². The number of rotatable bonds is 5. The van der Waals surface area contributed by atoms with Crippen LogP contribution in [0, 0.1) is 5.92 Å². The van der Waals surface area contributed by atoms with Crippen LogP contribution >= 0.6 is 0 Å². The molecule has 3 aromatic rings. The van der Waals surface area contributed by atoms with E-state index in [2.05, 4.69) is 30.5 Å². The highest BCUT2D eigenvalue weighted by Gasteiger charge is 2.24. The third-order valence-electron chi connectivity index (χ3n) is 4.95. The van der Waals surface area contributed by atoms with E-state index in [4.69, 9.17) is 0 Å². The number of pyridine rings is 1. The van der Waals surface area contributed by atoms with Crippen LogP contribution in [0.25, 0.3) is 11.3 Å². The Hall–Kier alpha value is -3.49. The highest BCUT2D eigenvalue weighted by Crippen LogP contribution is 2.22. The quantitative estimate of drug-likeness (QED) is 0.679. The van der Waals surface area contributed by atoms with Crippen LogP contribution < -0.4 is 15.8 Å². The van der Waals surface area contributed by atoms with Crippen LogP contribution in [0.1, 0.15) is 16.9 Å². The molecular formula is C19H21N7O2. The number of hydrogen-bond donors (Lipinski definition) is 2. The summed E-state index contributed by atoms with van der Waals surface area (Å²) in [6.07, 6.45) is 6.02. The van der Waals surface area contributed by atoms with E-state index < -0.39 is 0 Å². The van der Waals surface area contributed by atoms with Crippen LogP contribution in [0.4, 0.5) is 5.69 Å². The number of nitrogens with zero attached hydrogens (tertiary/aromatic N) is 5. The first-order valence-electron chi connectivity index (χ1n) is 9.12. The average Bonchev–Trinajstić information content (AvgIpc) is 3.39. The van der Waals surface area contributed by atoms with Crippen LogP contribution in [0.15, 0.2) is 47.7 Å². The lowest BCUT2D eigenvalue weighted by atomic mass is 10.1. The standard InChI is InChI=1S/C19H21N7O2/c1-25-18(27)8-15(11-22-25)26-7-4-13(12-26)10-21-19(28)17-9-16(23-24-17)14-2-5-20-6-3-14/h2-3,5-6,8-9,11,13H,4,7,10,12H2,1H3,(H,21,28)(H,23,24)/t13-/m0/s1. The number of amides is 1. The second-order valence-electron chi connectivity index (χ2n) is 6.89. The molecule has 4 rings (SSSR count). The van der Waals surface area contributed by atoms with Crippen molar-refractivity contribution >= 4 is 11.6 Å². The van der Waals surface area contributed by atoms with E-state index in [0.717, 1.165) is 30.8 Å². The third kappa shape index (κ3) is 3.78. The van der Waals surface area contributed by atoms with E-state index >= 15 is 0 Å². The number of carbonyl (C=O) groups excluding carboxylic acids is 1. The summed E-state index contributed by atoms with van der Waals surface area (Å²) in [6, 6.07) is 7.02. The average molecular weight is 379 g/mol. The van der Waals surface area contributed by atoms with Gasteiger partial charge in [0.05, 0.1) is 17.6 Å². The van der Waals surface area contributed by atoms with Crippen LogP contribution in [0.2, 0.25) is 0 Å². The van der Waals surface area contributed by atoms with E-state index in [-0.39, 0.29) is 11.5 Å². The predicted octanol–water partition coefficient (Wildman–Crippen LogP) is 0.822. The molecule has 1 aliphatic heterocycles. The van der Waals surface area contributed by atoms with Crippen LogP contribution in [-0.4, -0.2) is 50.5 Å². The van der Waals surface area contributed by atoms with Gasteiger partial charge in [-0.25, -0.2) is 4.68 Å².